The fourth-order valence-electron chi connectivity index (χ4n) is 2.60. The van der Waals surface area contributed by atoms with E-state index >= 15 is 0 Å². The van der Waals surface area contributed by atoms with Crippen LogP contribution in [-0.2, 0) is 0 Å². The Morgan fingerprint density at radius 3 is 2.15 bits per heavy atom. The molecule has 0 spiro atoms. The summed E-state index contributed by atoms with van der Waals surface area (Å²) in [7, 11) is 1.98. The van der Waals surface area contributed by atoms with Gasteiger partial charge in [-0.05, 0) is 47.1 Å². The third kappa shape index (κ3) is 2.38. The number of hydrogen-bond donors (Lipinski definition) is 2. The van der Waals surface area contributed by atoms with Crippen molar-refractivity contribution in [2.75, 3.05) is 12.8 Å². The van der Waals surface area contributed by atoms with Gasteiger partial charge in [-0.2, -0.15) is 0 Å². The quantitative estimate of drug-likeness (QED) is 0.706. The summed E-state index contributed by atoms with van der Waals surface area (Å²) in [4.78, 5) is 0. The molecule has 3 N–H and O–H groups in total. The van der Waals surface area contributed by atoms with Gasteiger partial charge < -0.3 is 11.1 Å². The molecule has 0 aliphatic rings. The second kappa shape index (κ2) is 5.35. The molecule has 0 fully saturated rings. The molecular weight excluding hydrogens is 244 g/mol. The molecule has 0 radical (unpaired) electrons. The number of nitrogen functional groups attached to an aromatic ring is 1. The molecule has 0 bridgehead atoms. The van der Waals surface area contributed by atoms with E-state index in [1.807, 2.05) is 19.2 Å². The molecule has 3 rings (SSSR count). The fourth-order valence-corrected chi connectivity index (χ4v) is 2.60. The molecule has 1 unspecified atom stereocenters. The maximum absolute atomic E-state index is 5.76. The van der Waals surface area contributed by atoms with E-state index in [9.17, 15) is 0 Å². The lowest BCUT2D eigenvalue weighted by Gasteiger charge is -2.18. The largest absolute Gasteiger partial charge is 0.399 e. The lowest BCUT2D eigenvalue weighted by molar-refractivity contribution is 0.693. The minimum Gasteiger partial charge on any atom is -0.399 e. The van der Waals surface area contributed by atoms with Gasteiger partial charge in [0.25, 0.3) is 0 Å². The Kier molecular flexibility index (Phi) is 3.40. The molecule has 3 aromatic carbocycles. The number of rotatable bonds is 3. The molecule has 2 nitrogen and oxygen atoms in total. The predicted octanol–water partition coefficient (Wildman–Crippen LogP) is 3.73. The van der Waals surface area contributed by atoms with E-state index in [1.165, 1.54) is 21.9 Å². The Balaban J connectivity index is 2.04. The summed E-state index contributed by atoms with van der Waals surface area (Å²) in [6.07, 6.45) is 0. The summed E-state index contributed by atoms with van der Waals surface area (Å²) in [5.74, 6) is 0. The lowest BCUT2D eigenvalue weighted by atomic mass is 9.96. The van der Waals surface area contributed by atoms with Gasteiger partial charge in [0.15, 0.2) is 0 Å². The first-order valence-corrected chi connectivity index (χ1v) is 6.79. The number of nitrogens with two attached hydrogens (primary N) is 1. The molecular formula is C18H18N2. The molecule has 0 aromatic heterocycles. The summed E-state index contributed by atoms with van der Waals surface area (Å²) >= 11 is 0. The molecule has 0 heterocycles. The first-order chi connectivity index (χ1) is 9.78. The molecule has 2 heteroatoms. The van der Waals surface area contributed by atoms with E-state index in [4.69, 9.17) is 5.73 Å². The van der Waals surface area contributed by atoms with Gasteiger partial charge in [0.05, 0.1) is 6.04 Å². The number of nitrogens with one attached hydrogen (secondary N) is 1. The van der Waals surface area contributed by atoms with Crippen molar-refractivity contribution in [2.24, 2.45) is 0 Å². The zero-order valence-electron chi connectivity index (χ0n) is 11.5. The topological polar surface area (TPSA) is 38.0 Å². The zero-order chi connectivity index (χ0) is 13.9. The van der Waals surface area contributed by atoms with Crippen LogP contribution in [-0.4, -0.2) is 7.05 Å². The van der Waals surface area contributed by atoms with Gasteiger partial charge in [0.1, 0.15) is 0 Å². The van der Waals surface area contributed by atoms with E-state index in [2.05, 4.69) is 59.9 Å². The van der Waals surface area contributed by atoms with Crippen LogP contribution < -0.4 is 11.1 Å². The Morgan fingerprint density at radius 1 is 0.800 bits per heavy atom. The zero-order valence-corrected chi connectivity index (χ0v) is 11.5. The second-order valence-electron chi connectivity index (χ2n) is 4.99. The summed E-state index contributed by atoms with van der Waals surface area (Å²) in [5, 5.41) is 5.91. The van der Waals surface area contributed by atoms with Gasteiger partial charge in [-0.1, -0.05) is 48.5 Å². The van der Waals surface area contributed by atoms with E-state index in [1.54, 1.807) is 0 Å². The van der Waals surface area contributed by atoms with Crippen LogP contribution in [0.5, 0.6) is 0 Å². The smallest absolute Gasteiger partial charge is 0.0574 e. The van der Waals surface area contributed by atoms with Gasteiger partial charge in [0, 0.05) is 5.69 Å². The van der Waals surface area contributed by atoms with Crippen molar-refractivity contribution in [1.29, 1.82) is 0 Å². The van der Waals surface area contributed by atoms with Crippen LogP contribution in [0.4, 0.5) is 5.69 Å². The number of hydrogen-bond acceptors (Lipinski definition) is 2. The van der Waals surface area contributed by atoms with Crippen LogP contribution >= 0.6 is 0 Å². The standard InChI is InChI=1S/C18H18N2/c1-20-18(14-8-10-17(19)11-9-14)16-7-6-13-4-2-3-5-15(13)12-16/h2-12,18,20H,19H2,1H3. The van der Waals surface area contributed by atoms with E-state index in [-0.39, 0.29) is 6.04 Å². The SMILES string of the molecule is CNC(c1ccc(N)cc1)c1ccc2ccccc2c1. The van der Waals surface area contributed by atoms with Crippen molar-refractivity contribution >= 4 is 16.5 Å². The Hall–Kier alpha value is -2.32. The van der Waals surface area contributed by atoms with Gasteiger partial charge in [-0.25, -0.2) is 0 Å². The highest BCUT2D eigenvalue weighted by molar-refractivity contribution is 5.83. The molecule has 100 valence electrons. The highest BCUT2D eigenvalue weighted by Crippen LogP contribution is 2.25. The van der Waals surface area contributed by atoms with Crippen molar-refractivity contribution in [3.05, 3.63) is 77.9 Å². The minimum atomic E-state index is 0.181. The van der Waals surface area contributed by atoms with Crippen molar-refractivity contribution in [1.82, 2.24) is 5.32 Å². The van der Waals surface area contributed by atoms with Crippen LogP contribution in [0, 0.1) is 0 Å². The van der Waals surface area contributed by atoms with Crippen LogP contribution in [0.25, 0.3) is 10.8 Å². The third-order valence-corrected chi connectivity index (χ3v) is 3.67. The molecule has 0 saturated carbocycles. The van der Waals surface area contributed by atoms with Crippen LogP contribution in [0.15, 0.2) is 66.7 Å². The van der Waals surface area contributed by atoms with Crippen LogP contribution in [0.3, 0.4) is 0 Å². The number of fused-ring (bicyclic) bond motifs is 1. The van der Waals surface area contributed by atoms with Crippen LogP contribution in [0.1, 0.15) is 17.2 Å². The normalized spacial score (nSPS) is 12.4. The fraction of sp³-hybridized carbons (Fsp3) is 0.111. The second-order valence-corrected chi connectivity index (χ2v) is 4.99. The molecule has 0 aliphatic heterocycles. The number of anilines is 1. The monoisotopic (exact) mass is 262 g/mol. The minimum absolute atomic E-state index is 0.181. The average Bonchev–Trinajstić information content (AvgIpc) is 2.50. The van der Waals surface area contributed by atoms with E-state index < -0.39 is 0 Å². The maximum Gasteiger partial charge on any atom is 0.0574 e. The van der Waals surface area contributed by atoms with Gasteiger partial charge in [-0.15, -0.1) is 0 Å². The summed E-state index contributed by atoms with van der Waals surface area (Å²) < 4.78 is 0. The first kappa shape index (κ1) is 12.7. The van der Waals surface area contributed by atoms with E-state index in [0.717, 1.165) is 5.69 Å². The van der Waals surface area contributed by atoms with Gasteiger partial charge >= 0.3 is 0 Å². The van der Waals surface area contributed by atoms with Crippen molar-refractivity contribution in [2.45, 2.75) is 6.04 Å². The molecule has 1 atom stereocenters. The van der Waals surface area contributed by atoms with Gasteiger partial charge in [0.2, 0.25) is 0 Å². The Labute approximate surface area is 119 Å². The molecule has 3 aromatic rings. The highest BCUT2D eigenvalue weighted by Gasteiger charge is 2.11. The maximum atomic E-state index is 5.76. The van der Waals surface area contributed by atoms with Crippen LogP contribution in [0.2, 0.25) is 0 Å². The van der Waals surface area contributed by atoms with E-state index in [0.29, 0.717) is 0 Å². The summed E-state index contributed by atoms with van der Waals surface area (Å²) in [6.45, 7) is 0. The number of benzene rings is 3. The first-order valence-electron chi connectivity index (χ1n) is 6.79. The molecule has 0 saturated heterocycles. The molecule has 0 amide bonds. The van der Waals surface area contributed by atoms with Gasteiger partial charge in [-0.3, -0.25) is 0 Å². The molecule has 20 heavy (non-hydrogen) atoms. The summed E-state index contributed by atoms with van der Waals surface area (Å²) in [6, 6.07) is 23.2. The lowest BCUT2D eigenvalue weighted by Crippen LogP contribution is -2.17. The van der Waals surface area contributed by atoms with Crippen molar-refractivity contribution < 1.29 is 0 Å². The Bertz CT molecular complexity index is 717. The molecule has 0 aliphatic carbocycles. The predicted molar refractivity (Wildman–Crippen MR) is 85.7 cm³/mol. The summed E-state index contributed by atoms with van der Waals surface area (Å²) in [5.41, 5.74) is 9.03. The third-order valence-electron chi connectivity index (χ3n) is 3.67. The van der Waals surface area contributed by atoms with Crippen molar-refractivity contribution in [3.63, 3.8) is 0 Å². The Morgan fingerprint density at radius 2 is 1.45 bits per heavy atom. The van der Waals surface area contributed by atoms with Crippen molar-refractivity contribution in [3.8, 4) is 0 Å². The highest BCUT2D eigenvalue weighted by atomic mass is 14.9. The average molecular weight is 262 g/mol.